The Balaban J connectivity index is 0.000000845. The number of carbonyl (C=O) groups is 1. The van der Waals surface area contributed by atoms with Crippen LogP contribution >= 0.6 is 23.7 Å². The Hall–Kier alpha value is -0.580. The molecule has 1 aliphatic rings. The third-order valence-corrected chi connectivity index (χ3v) is 3.25. The minimum atomic E-state index is -0.847. The van der Waals surface area contributed by atoms with Crippen LogP contribution in [0.15, 0.2) is 12.1 Å². The van der Waals surface area contributed by atoms with E-state index >= 15 is 0 Å². The Morgan fingerprint density at radius 3 is 2.62 bits per heavy atom. The predicted octanol–water partition coefficient (Wildman–Crippen LogP) is 1.68. The normalized spacial score (nSPS) is 25.0. The van der Waals surface area contributed by atoms with E-state index in [1.54, 1.807) is 6.07 Å². The summed E-state index contributed by atoms with van der Waals surface area (Å²) in [6.07, 6.45) is 1.000. The first-order valence-electron chi connectivity index (χ1n) is 3.77. The number of carboxylic acid groups (broad SMARTS) is 1. The first kappa shape index (κ1) is 10.5. The fourth-order valence-corrected chi connectivity index (χ4v) is 2.24. The van der Waals surface area contributed by atoms with Crippen LogP contribution in [0.4, 0.5) is 0 Å². The second kappa shape index (κ2) is 3.65. The first-order chi connectivity index (χ1) is 5.68. The quantitative estimate of drug-likeness (QED) is 0.796. The van der Waals surface area contributed by atoms with E-state index in [0.717, 1.165) is 11.3 Å². The number of halogens is 1. The molecular weight excluding hydrogens is 210 g/mol. The molecule has 0 unspecified atom stereocenters. The molecule has 1 saturated carbocycles. The van der Waals surface area contributed by atoms with Crippen molar-refractivity contribution >= 4 is 29.7 Å². The van der Waals surface area contributed by atoms with Gasteiger partial charge in [-0.1, -0.05) is 0 Å². The zero-order valence-corrected chi connectivity index (χ0v) is 8.40. The molecule has 0 aliphatic heterocycles. The number of thiophene rings is 1. The van der Waals surface area contributed by atoms with E-state index in [9.17, 15) is 4.79 Å². The molecule has 5 heteroatoms. The molecular formula is C8H10ClNO2S. The van der Waals surface area contributed by atoms with Crippen molar-refractivity contribution in [3.8, 4) is 0 Å². The summed E-state index contributed by atoms with van der Waals surface area (Å²) in [6, 6.07) is 3.77. The molecule has 13 heavy (non-hydrogen) atoms. The van der Waals surface area contributed by atoms with Crippen molar-refractivity contribution in [1.29, 1.82) is 0 Å². The monoisotopic (exact) mass is 219 g/mol. The third-order valence-electron chi connectivity index (χ3n) is 2.04. The summed E-state index contributed by atoms with van der Waals surface area (Å²) in [5, 5.41) is 8.65. The van der Waals surface area contributed by atoms with Gasteiger partial charge in [0.1, 0.15) is 4.88 Å². The van der Waals surface area contributed by atoms with Crippen LogP contribution < -0.4 is 5.73 Å². The first-order valence-corrected chi connectivity index (χ1v) is 4.58. The van der Waals surface area contributed by atoms with E-state index in [4.69, 9.17) is 10.8 Å². The maximum atomic E-state index is 10.5. The summed E-state index contributed by atoms with van der Waals surface area (Å²) < 4.78 is 0. The fourth-order valence-electron chi connectivity index (χ4n) is 1.21. The van der Waals surface area contributed by atoms with Gasteiger partial charge in [0.05, 0.1) is 0 Å². The average molecular weight is 220 g/mol. The van der Waals surface area contributed by atoms with Crippen molar-refractivity contribution in [1.82, 2.24) is 0 Å². The van der Waals surface area contributed by atoms with Crippen molar-refractivity contribution in [2.45, 2.75) is 18.4 Å². The minimum Gasteiger partial charge on any atom is -0.477 e. The zero-order valence-electron chi connectivity index (χ0n) is 6.77. The zero-order chi connectivity index (χ0) is 8.72. The number of hydrogen-bond donors (Lipinski definition) is 2. The number of nitrogens with two attached hydrogens (primary N) is 1. The second-order valence-electron chi connectivity index (χ2n) is 3.01. The van der Waals surface area contributed by atoms with Crippen LogP contribution in [0.3, 0.4) is 0 Å². The second-order valence-corrected chi connectivity index (χ2v) is 4.13. The highest BCUT2D eigenvalue weighted by Gasteiger charge is 2.36. The molecule has 1 fully saturated rings. The van der Waals surface area contributed by atoms with E-state index < -0.39 is 5.97 Å². The molecule has 3 N–H and O–H groups in total. The number of aromatic carboxylic acids is 1. The number of hydrogen-bond acceptors (Lipinski definition) is 3. The molecule has 1 aliphatic carbocycles. The van der Waals surface area contributed by atoms with Crippen LogP contribution in [-0.4, -0.2) is 17.1 Å². The van der Waals surface area contributed by atoms with Gasteiger partial charge in [-0.3, -0.25) is 0 Å². The summed E-state index contributed by atoms with van der Waals surface area (Å²) in [5.41, 5.74) is 5.64. The van der Waals surface area contributed by atoms with Gasteiger partial charge in [0.2, 0.25) is 0 Å². The van der Waals surface area contributed by atoms with E-state index in [1.807, 2.05) is 6.07 Å². The smallest absolute Gasteiger partial charge is 0.345 e. The lowest BCUT2D eigenvalue weighted by Gasteiger charge is -1.88. The molecule has 0 aromatic carbocycles. The Morgan fingerprint density at radius 1 is 1.62 bits per heavy atom. The van der Waals surface area contributed by atoms with E-state index in [-0.39, 0.29) is 18.4 Å². The van der Waals surface area contributed by atoms with Gasteiger partial charge in [-0.05, 0) is 18.6 Å². The van der Waals surface area contributed by atoms with Crippen molar-refractivity contribution in [2.24, 2.45) is 5.73 Å². The van der Waals surface area contributed by atoms with Crippen LogP contribution in [0.25, 0.3) is 0 Å². The highest BCUT2D eigenvalue weighted by atomic mass is 35.5. The Labute approximate surface area is 86.0 Å². The van der Waals surface area contributed by atoms with Gasteiger partial charge in [0.25, 0.3) is 0 Å². The molecule has 1 heterocycles. The molecule has 0 radical (unpaired) electrons. The van der Waals surface area contributed by atoms with Crippen molar-refractivity contribution in [2.75, 3.05) is 0 Å². The molecule has 0 amide bonds. The average Bonchev–Trinajstić information content (AvgIpc) is 2.59. The highest BCUT2D eigenvalue weighted by molar-refractivity contribution is 7.14. The maximum Gasteiger partial charge on any atom is 0.345 e. The van der Waals surface area contributed by atoms with Crippen molar-refractivity contribution in [3.63, 3.8) is 0 Å². The van der Waals surface area contributed by atoms with Gasteiger partial charge in [0.15, 0.2) is 0 Å². The fraction of sp³-hybridized carbons (Fsp3) is 0.375. The number of carboxylic acids is 1. The molecule has 0 bridgehead atoms. The van der Waals surface area contributed by atoms with Crippen LogP contribution in [0.5, 0.6) is 0 Å². The third kappa shape index (κ3) is 2.02. The van der Waals surface area contributed by atoms with Crippen molar-refractivity contribution in [3.05, 3.63) is 21.9 Å². The highest BCUT2D eigenvalue weighted by Crippen LogP contribution is 2.42. The van der Waals surface area contributed by atoms with Gasteiger partial charge in [-0.25, -0.2) is 4.79 Å². The van der Waals surface area contributed by atoms with Crippen LogP contribution in [0.1, 0.15) is 26.9 Å². The standard InChI is InChI=1S/C8H9NO2S.ClH/c9-5-3-4(5)6-1-2-7(12-6)8(10)11;/h1-2,4-5H,3,9H2,(H,10,11);1H/t4-,5+;/m1./s1. The lowest BCUT2D eigenvalue weighted by molar-refractivity contribution is 0.0702. The summed E-state index contributed by atoms with van der Waals surface area (Å²) in [7, 11) is 0. The summed E-state index contributed by atoms with van der Waals surface area (Å²) in [5.74, 6) is -0.427. The van der Waals surface area contributed by atoms with Gasteiger partial charge in [-0.15, -0.1) is 23.7 Å². The Morgan fingerprint density at radius 2 is 2.23 bits per heavy atom. The Kier molecular flexibility index (Phi) is 2.95. The lowest BCUT2D eigenvalue weighted by Crippen LogP contribution is -1.99. The van der Waals surface area contributed by atoms with Crippen LogP contribution in [0.2, 0.25) is 0 Å². The molecule has 0 spiro atoms. The maximum absolute atomic E-state index is 10.5. The van der Waals surface area contributed by atoms with Gasteiger partial charge in [0, 0.05) is 16.8 Å². The molecule has 1 aromatic rings. The molecule has 3 nitrogen and oxygen atoms in total. The topological polar surface area (TPSA) is 63.3 Å². The van der Waals surface area contributed by atoms with Crippen LogP contribution in [0, 0.1) is 0 Å². The Bertz CT molecular complexity index is 326. The van der Waals surface area contributed by atoms with E-state index in [2.05, 4.69) is 0 Å². The minimum absolute atomic E-state index is 0. The summed E-state index contributed by atoms with van der Waals surface area (Å²) in [4.78, 5) is 12.0. The number of rotatable bonds is 2. The summed E-state index contributed by atoms with van der Waals surface area (Å²) in [6.45, 7) is 0. The molecule has 2 atom stereocenters. The van der Waals surface area contributed by atoms with Crippen LogP contribution in [-0.2, 0) is 0 Å². The SMILES string of the molecule is Cl.N[C@H]1C[C@H]1c1ccc(C(=O)O)s1. The van der Waals surface area contributed by atoms with E-state index in [1.165, 1.54) is 11.3 Å². The van der Waals surface area contributed by atoms with E-state index in [0.29, 0.717) is 10.8 Å². The predicted molar refractivity (Wildman–Crippen MR) is 53.9 cm³/mol. The molecule has 1 aromatic heterocycles. The summed E-state index contributed by atoms with van der Waals surface area (Å²) >= 11 is 1.34. The lowest BCUT2D eigenvalue weighted by atomic mass is 10.3. The van der Waals surface area contributed by atoms with Gasteiger partial charge >= 0.3 is 5.97 Å². The van der Waals surface area contributed by atoms with Crippen molar-refractivity contribution < 1.29 is 9.90 Å². The van der Waals surface area contributed by atoms with Gasteiger partial charge in [-0.2, -0.15) is 0 Å². The molecule has 0 saturated heterocycles. The molecule has 2 rings (SSSR count). The van der Waals surface area contributed by atoms with Gasteiger partial charge < -0.3 is 10.8 Å². The molecule has 72 valence electrons. The largest absolute Gasteiger partial charge is 0.477 e.